The molecule has 0 amide bonds. The molecular weight excluding hydrogens is 200 g/mol. The second kappa shape index (κ2) is 5.85. The lowest BCUT2D eigenvalue weighted by atomic mass is 10.2. The predicted octanol–water partition coefficient (Wildman–Crippen LogP) is 2.26. The van der Waals surface area contributed by atoms with Crippen LogP contribution < -0.4 is 4.90 Å². The molecule has 16 heavy (non-hydrogen) atoms. The Balaban J connectivity index is 2.02. The fourth-order valence-electron chi connectivity index (χ4n) is 2.00. The lowest BCUT2D eigenvalue weighted by molar-refractivity contribution is 0.124. The molecule has 0 N–H and O–H groups in total. The molecule has 0 aromatic carbocycles. The number of hydrogen-bond donors (Lipinski definition) is 0. The third kappa shape index (κ3) is 2.95. The molecule has 0 radical (unpaired) electrons. The monoisotopic (exact) mass is 220 g/mol. The van der Waals surface area contributed by atoms with Crippen molar-refractivity contribution in [1.29, 1.82) is 0 Å². The van der Waals surface area contributed by atoms with Crippen LogP contribution in [0.2, 0.25) is 0 Å². The van der Waals surface area contributed by atoms with Crippen LogP contribution in [0.25, 0.3) is 0 Å². The van der Waals surface area contributed by atoms with E-state index in [2.05, 4.69) is 28.9 Å². The summed E-state index contributed by atoms with van der Waals surface area (Å²) in [4.78, 5) is 6.87. The lowest BCUT2D eigenvalue weighted by Gasteiger charge is -2.26. The van der Waals surface area contributed by atoms with Crippen LogP contribution in [0.3, 0.4) is 0 Å². The number of pyridine rings is 1. The first-order valence-corrected chi connectivity index (χ1v) is 6.18. The molecule has 88 valence electrons. The van der Waals surface area contributed by atoms with Gasteiger partial charge in [0.25, 0.3) is 0 Å². The lowest BCUT2D eigenvalue weighted by Crippen LogP contribution is -2.29. The maximum atomic E-state index is 5.45. The summed E-state index contributed by atoms with van der Waals surface area (Å²) < 4.78 is 5.45. The maximum absolute atomic E-state index is 5.45. The molecule has 1 aromatic rings. The molecule has 0 unspecified atom stereocenters. The quantitative estimate of drug-likeness (QED) is 0.764. The zero-order valence-electron chi connectivity index (χ0n) is 9.98. The Kier molecular flexibility index (Phi) is 4.17. The molecule has 3 heteroatoms. The highest BCUT2D eigenvalue weighted by atomic mass is 16.5. The van der Waals surface area contributed by atoms with Gasteiger partial charge in [-0.25, -0.2) is 0 Å². The predicted molar refractivity (Wildman–Crippen MR) is 65.9 cm³/mol. The molecule has 1 aliphatic heterocycles. The van der Waals surface area contributed by atoms with E-state index in [4.69, 9.17) is 4.74 Å². The Morgan fingerprint density at radius 1 is 1.25 bits per heavy atom. The summed E-state index contributed by atoms with van der Waals surface area (Å²) in [6.45, 7) is 6.06. The van der Waals surface area contributed by atoms with E-state index in [1.165, 1.54) is 11.4 Å². The van der Waals surface area contributed by atoms with Gasteiger partial charge in [0.05, 0.1) is 11.9 Å². The fourth-order valence-corrected chi connectivity index (χ4v) is 2.00. The van der Waals surface area contributed by atoms with E-state index in [0.717, 1.165) is 45.6 Å². The van der Waals surface area contributed by atoms with Crippen LogP contribution in [0.15, 0.2) is 18.3 Å². The third-order valence-corrected chi connectivity index (χ3v) is 2.97. The first-order valence-electron chi connectivity index (χ1n) is 6.18. The van der Waals surface area contributed by atoms with E-state index < -0.39 is 0 Å². The summed E-state index contributed by atoms with van der Waals surface area (Å²) in [6.07, 6.45) is 5.22. The molecule has 3 nitrogen and oxygen atoms in total. The first-order chi connectivity index (χ1) is 7.90. The minimum atomic E-state index is 0.886. The number of anilines is 1. The Hall–Kier alpha value is -1.09. The second-order valence-electron chi connectivity index (χ2n) is 4.17. The van der Waals surface area contributed by atoms with Crippen molar-refractivity contribution < 1.29 is 4.74 Å². The van der Waals surface area contributed by atoms with Gasteiger partial charge in [-0.2, -0.15) is 0 Å². The highest BCUT2D eigenvalue weighted by Crippen LogP contribution is 2.15. The van der Waals surface area contributed by atoms with Gasteiger partial charge in [0.1, 0.15) is 0 Å². The van der Waals surface area contributed by atoms with Crippen molar-refractivity contribution in [2.75, 3.05) is 31.2 Å². The largest absolute Gasteiger partial charge is 0.381 e. The SMILES string of the molecule is CCc1ccc(N2CCCOCCC2)cn1. The molecule has 0 saturated carbocycles. The minimum absolute atomic E-state index is 0.886. The standard InChI is InChI=1S/C13H20N2O/c1-2-12-5-6-13(11-14-12)15-7-3-9-16-10-4-8-15/h5-6,11H,2-4,7-10H2,1H3. The molecule has 1 aliphatic rings. The van der Waals surface area contributed by atoms with E-state index >= 15 is 0 Å². The molecular formula is C13H20N2O. The molecule has 1 fully saturated rings. The summed E-state index contributed by atoms with van der Waals surface area (Å²) in [5, 5.41) is 0. The van der Waals surface area contributed by atoms with Crippen molar-refractivity contribution in [3.05, 3.63) is 24.0 Å². The molecule has 0 bridgehead atoms. The molecule has 0 spiro atoms. The van der Waals surface area contributed by atoms with Gasteiger partial charge < -0.3 is 9.64 Å². The van der Waals surface area contributed by atoms with Gasteiger partial charge in [0.2, 0.25) is 0 Å². The average molecular weight is 220 g/mol. The Labute approximate surface area is 97.4 Å². The van der Waals surface area contributed by atoms with E-state index in [-0.39, 0.29) is 0 Å². The summed E-state index contributed by atoms with van der Waals surface area (Å²) in [5.74, 6) is 0. The Morgan fingerprint density at radius 2 is 2.00 bits per heavy atom. The fraction of sp³-hybridized carbons (Fsp3) is 0.615. The molecule has 2 heterocycles. The second-order valence-corrected chi connectivity index (χ2v) is 4.17. The summed E-state index contributed by atoms with van der Waals surface area (Å²) in [7, 11) is 0. The van der Waals surface area contributed by atoms with Crippen LogP contribution in [0.5, 0.6) is 0 Å². The van der Waals surface area contributed by atoms with Crippen LogP contribution in [0, 0.1) is 0 Å². The van der Waals surface area contributed by atoms with Crippen LogP contribution in [0.1, 0.15) is 25.5 Å². The van der Waals surface area contributed by atoms with Gasteiger partial charge in [-0.3, -0.25) is 4.98 Å². The van der Waals surface area contributed by atoms with Gasteiger partial charge in [-0.1, -0.05) is 6.92 Å². The number of nitrogens with zero attached hydrogens (tertiary/aromatic N) is 2. The topological polar surface area (TPSA) is 25.4 Å². The molecule has 1 saturated heterocycles. The summed E-state index contributed by atoms with van der Waals surface area (Å²) in [5.41, 5.74) is 2.42. The van der Waals surface area contributed by atoms with Gasteiger partial charge in [0.15, 0.2) is 0 Å². The smallest absolute Gasteiger partial charge is 0.0552 e. The van der Waals surface area contributed by atoms with Crippen molar-refractivity contribution in [2.24, 2.45) is 0 Å². The van der Waals surface area contributed by atoms with Gasteiger partial charge in [-0.15, -0.1) is 0 Å². The number of hydrogen-bond acceptors (Lipinski definition) is 3. The highest BCUT2D eigenvalue weighted by Gasteiger charge is 2.09. The zero-order chi connectivity index (χ0) is 11.2. The van der Waals surface area contributed by atoms with Crippen molar-refractivity contribution >= 4 is 5.69 Å². The summed E-state index contributed by atoms with van der Waals surface area (Å²) >= 11 is 0. The Morgan fingerprint density at radius 3 is 2.56 bits per heavy atom. The molecule has 2 rings (SSSR count). The van der Waals surface area contributed by atoms with Crippen LogP contribution in [-0.4, -0.2) is 31.3 Å². The molecule has 1 aromatic heterocycles. The summed E-state index contributed by atoms with van der Waals surface area (Å²) in [6, 6.07) is 4.32. The molecule has 0 aliphatic carbocycles. The van der Waals surface area contributed by atoms with Gasteiger partial charge in [-0.05, 0) is 31.4 Å². The van der Waals surface area contributed by atoms with E-state index in [1.807, 2.05) is 6.20 Å². The van der Waals surface area contributed by atoms with E-state index in [0.29, 0.717) is 0 Å². The van der Waals surface area contributed by atoms with E-state index in [9.17, 15) is 0 Å². The van der Waals surface area contributed by atoms with Crippen molar-refractivity contribution in [3.8, 4) is 0 Å². The highest BCUT2D eigenvalue weighted by molar-refractivity contribution is 5.44. The van der Waals surface area contributed by atoms with Crippen molar-refractivity contribution in [3.63, 3.8) is 0 Å². The number of ether oxygens (including phenoxy) is 1. The maximum Gasteiger partial charge on any atom is 0.0552 e. The van der Waals surface area contributed by atoms with Crippen LogP contribution >= 0.6 is 0 Å². The third-order valence-electron chi connectivity index (χ3n) is 2.97. The number of rotatable bonds is 2. The van der Waals surface area contributed by atoms with E-state index in [1.54, 1.807) is 0 Å². The first kappa shape index (κ1) is 11.4. The normalized spacial score (nSPS) is 17.9. The molecule has 0 atom stereocenters. The number of aryl methyl sites for hydroxylation is 1. The van der Waals surface area contributed by atoms with Gasteiger partial charge >= 0.3 is 0 Å². The van der Waals surface area contributed by atoms with Crippen LogP contribution in [-0.2, 0) is 11.2 Å². The van der Waals surface area contributed by atoms with Gasteiger partial charge in [0, 0.05) is 32.0 Å². The van der Waals surface area contributed by atoms with Crippen LogP contribution in [0.4, 0.5) is 5.69 Å². The minimum Gasteiger partial charge on any atom is -0.381 e. The Bertz CT molecular complexity index is 302. The number of aromatic nitrogens is 1. The van der Waals surface area contributed by atoms with Crippen molar-refractivity contribution in [1.82, 2.24) is 4.98 Å². The average Bonchev–Trinajstić information content (AvgIpc) is 2.29. The van der Waals surface area contributed by atoms with Crippen molar-refractivity contribution in [2.45, 2.75) is 26.2 Å². The zero-order valence-corrected chi connectivity index (χ0v) is 9.98.